The van der Waals surface area contributed by atoms with E-state index >= 15 is 0 Å². The summed E-state index contributed by atoms with van der Waals surface area (Å²) in [5.74, 6) is -0.988. The molecule has 0 fully saturated rings. The topological polar surface area (TPSA) is 70.2 Å². The van der Waals surface area contributed by atoms with Crippen LogP contribution in [0.25, 0.3) is 0 Å². The van der Waals surface area contributed by atoms with Crippen molar-refractivity contribution in [2.75, 3.05) is 0 Å². The number of H-pyrrole nitrogens is 1. The second-order valence-electron chi connectivity index (χ2n) is 3.35. The van der Waals surface area contributed by atoms with Gasteiger partial charge in [-0.25, -0.2) is 4.79 Å². The van der Waals surface area contributed by atoms with E-state index < -0.39 is 5.97 Å². The van der Waals surface area contributed by atoms with Crippen molar-refractivity contribution < 1.29 is 14.7 Å². The van der Waals surface area contributed by atoms with Crippen molar-refractivity contribution in [1.82, 2.24) is 4.98 Å². The van der Waals surface area contributed by atoms with Gasteiger partial charge in [-0.2, -0.15) is 0 Å². The number of nitrogens with one attached hydrogen (secondary N) is 1. The average Bonchev–Trinajstić information content (AvgIpc) is 2.55. The highest BCUT2D eigenvalue weighted by atomic mass is 16.4. The molecule has 1 aliphatic carbocycles. The molecule has 1 unspecified atom stereocenters. The maximum Gasteiger partial charge on any atom is 0.352 e. The number of Topliss-reactive ketones (excluding diaryl/α,β-unsaturated/α-hetero) is 1. The van der Waals surface area contributed by atoms with Crippen LogP contribution in [-0.2, 0) is 6.42 Å². The number of aromatic amines is 1. The second-order valence-corrected chi connectivity index (χ2v) is 3.35. The van der Waals surface area contributed by atoms with Gasteiger partial charge in [0, 0.05) is 17.2 Å². The fraction of sp³-hybridized carbons (Fsp3) is 0.333. The van der Waals surface area contributed by atoms with Gasteiger partial charge in [-0.05, 0) is 12.5 Å². The summed E-state index contributed by atoms with van der Waals surface area (Å²) in [7, 11) is 0. The largest absolute Gasteiger partial charge is 0.477 e. The molecule has 68 valence electrons. The number of carboxylic acid groups (broad SMARTS) is 1. The minimum absolute atomic E-state index is 0.0101. The minimum atomic E-state index is -1.02. The molecule has 1 atom stereocenters. The highest BCUT2D eigenvalue weighted by molar-refractivity contribution is 6.03. The van der Waals surface area contributed by atoms with Crippen molar-refractivity contribution >= 4 is 11.8 Å². The molecule has 0 aliphatic heterocycles. The zero-order chi connectivity index (χ0) is 9.59. The Morgan fingerprint density at radius 2 is 2.38 bits per heavy atom. The first-order valence-electron chi connectivity index (χ1n) is 4.09. The molecule has 0 radical (unpaired) electrons. The van der Waals surface area contributed by atoms with Gasteiger partial charge in [-0.3, -0.25) is 4.79 Å². The Hall–Kier alpha value is -1.58. The molecule has 2 rings (SSSR count). The lowest BCUT2D eigenvalue weighted by Gasteiger charge is -1.96. The van der Waals surface area contributed by atoms with Crippen molar-refractivity contribution in [2.45, 2.75) is 13.3 Å². The summed E-state index contributed by atoms with van der Waals surface area (Å²) in [4.78, 5) is 24.7. The monoisotopic (exact) mass is 179 g/mol. The Labute approximate surface area is 74.6 Å². The Morgan fingerprint density at radius 3 is 2.92 bits per heavy atom. The minimum Gasteiger partial charge on any atom is -0.477 e. The Balaban J connectivity index is 2.46. The summed E-state index contributed by atoms with van der Waals surface area (Å²) in [5.41, 5.74) is 1.41. The summed E-state index contributed by atoms with van der Waals surface area (Å²) in [6, 6.07) is 1.42. The first kappa shape index (κ1) is 8.04. The predicted octanol–water partition coefficient (Wildman–Crippen LogP) is 1.09. The fourth-order valence-electron chi connectivity index (χ4n) is 1.66. The zero-order valence-corrected chi connectivity index (χ0v) is 7.13. The summed E-state index contributed by atoms with van der Waals surface area (Å²) >= 11 is 0. The van der Waals surface area contributed by atoms with Gasteiger partial charge in [0.1, 0.15) is 5.69 Å². The van der Waals surface area contributed by atoms with Crippen LogP contribution in [0.3, 0.4) is 0 Å². The lowest BCUT2D eigenvalue weighted by Crippen LogP contribution is -2.05. The summed E-state index contributed by atoms with van der Waals surface area (Å²) < 4.78 is 0. The SMILES string of the molecule is CC1Cc2[nH]c(C(=O)O)cc2C1=O. The molecular weight excluding hydrogens is 170 g/mol. The number of carbonyl (C=O) groups excluding carboxylic acids is 1. The third-order valence-corrected chi connectivity index (χ3v) is 2.35. The van der Waals surface area contributed by atoms with Crippen LogP contribution in [0.4, 0.5) is 0 Å². The highest BCUT2D eigenvalue weighted by Gasteiger charge is 2.29. The van der Waals surface area contributed by atoms with Crippen molar-refractivity contribution in [3.8, 4) is 0 Å². The van der Waals surface area contributed by atoms with Crippen LogP contribution < -0.4 is 0 Å². The third kappa shape index (κ3) is 1.06. The molecule has 0 aromatic carbocycles. The summed E-state index contributed by atoms with van der Waals surface area (Å²) in [6.45, 7) is 1.84. The standard InChI is InChI=1S/C9H9NO3/c1-4-2-6-5(8(4)11)3-7(10-6)9(12)13/h3-4,10H,2H2,1H3,(H,12,13). The van der Waals surface area contributed by atoms with Gasteiger partial charge >= 0.3 is 5.97 Å². The van der Waals surface area contributed by atoms with Crippen molar-refractivity contribution in [2.24, 2.45) is 5.92 Å². The molecule has 0 amide bonds. The fourth-order valence-corrected chi connectivity index (χ4v) is 1.66. The molecule has 4 nitrogen and oxygen atoms in total. The lowest BCUT2D eigenvalue weighted by molar-refractivity contribution is 0.0691. The molecule has 0 spiro atoms. The molecule has 0 saturated heterocycles. The number of carboxylic acids is 1. The van der Waals surface area contributed by atoms with Crippen LogP contribution in [0.1, 0.15) is 33.5 Å². The van der Waals surface area contributed by atoms with Crippen LogP contribution in [-0.4, -0.2) is 21.8 Å². The molecule has 1 aromatic rings. The van der Waals surface area contributed by atoms with E-state index in [9.17, 15) is 9.59 Å². The van der Waals surface area contributed by atoms with E-state index in [1.54, 1.807) is 0 Å². The molecule has 0 bridgehead atoms. The van der Waals surface area contributed by atoms with Gasteiger partial charge in [-0.15, -0.1) is 0 Å². The first-order valence-corrected chi connectivity index (χ1v) is 4.09. The molecular formula is C9H9NO3. The summed E-state index contributed by atoms with van der Waals surface area (Å²) in [5, 5.41) is 8.65. The highest BCUT2D eigenvalue weighted by Crippen LogP contribution is 2.26. The number of rotatable bonds is 1. The van der Waals surface area contributed by atoms with Crippen LogP contribution >= 0.6 is 0 Å². The molecule has 1 heterocycles. The van der Waals surface area contributed by atoms with E-state index in [-0.39, 0.29) is 17.4 Å². The molecule has 2 N–H and O–H groups in total. The third-order valence-electron chi connectivity index (χ3n) is 2.35. The second kappa shape index (κ2) is 2.45. The van der Waals surface area contributed by atoms with Crippen LogP contribution in [0.15, 0.2) is 6.07 Å². The van der Waals surface area contributed by atoms with Gasteiger partial charge < -0.3 is 10.1 Å². The Kier molecular flexibility index (Phi) is 1.52. The lowest BCUT2D eigenvalue weighted by atomic mass is 10.1. The van der Waals surface area contributed by atoms with Gasteiger partial charge in [-0.1, -0.05) is 6.92 Å². The maximum absolute atomic E-state index is 11.4. The van der Waals surface area contributed by atoms with Gasteiger partial charge in [0.05, 0.1) is 0 Å². The van der Waals surface area contributed by atoms with E-state index in [0.29, 0.717) is 12.0 Å². The van der Waals surface area contributed by atoms with Gasteiger partial charge in [0.25, 0.3) is 0 Å². The smallest absolute Gasteiger partial charge is 0.352 e. The van der Waals surface area contributed by atoms with E-state index in [1.165, 1.54) is 6.07 Å². The van der Waals surface area contributed by atoms with E-state index in [0.717, 1.165) is 5.69 Å². The van der Waals surface area contributed by atoms with Crippen molar-refractivity contribution in [3.05, 3.63) is 23.0 Å². The molecule has 0 saturated carbocycles. The van der Waals surface area contributed by atoms with E-state index in [1.807, 2.05) is 6.92 Å². The molecule has 13 heavy (non-hydrogen) atoms. The Morgan fingerprint density at radius 1 is 1.69 bits per heavy atom. The van der Waals surface area contributed by atoms with E-state index in [4.69, 9.17) is 5.11 Å². The zero-order valence-electron chi connectivity index (χ0n) is 7.13. The van der Waals surface area contributed by atoms with Gasteiger partial charge in [0.15, 0.2) is 5.78 Å². The maximum atomic E-state index is 11.4. The van der Waals surface area contributed by atoms with Crippen LogP contribution in [0.5, 0.6) is 0 Å². The number of fused-ring (bicyclic) bond motifs is 1. The normalized spacial score (nSPS) is 20.4. The average molecular weight is 179 g/mol. The van der Waals surface area contributed by atoms with Crippen LogP contribution in [0.2, 0.25) is 0 Å². The number of hydrogen-bond donors (Lipinski definition) is 2. The molecule has 1 aromatic heterocycles. The number of aromatic carboxylic acids is 1. The van der Waals surface area contributed by atoms with Crippen LogP contribution in [0, 0.1) is 5.92 Å². The number of ketones is 1. The molecule has 1 aliphatic rings. The summed E-state index contributed by atoms with van der Waals surface area (Å²) in [6.07, 6.45) is 0.626. The number of hydrogen-bond acceptors (Lipinski definition) is 2. The van der Waals surface area contributed by atoms with Crippen molar-refractivity contribution in [1.29, 1.82) is 0 Å². The number of aromatic nitrogens is 1. The quantitative estimate of drug-likeness (QED) is 0.677. The predicted molar refractivity (Wildman–Crippen MR) is 45.0 cm³/mol. The number of carbonyl (C=O) groups is 2. The van der Waals surface area contributed by atoms with E-state index in [2.05, 4.69) is 4.98 Å². The van der Waals surface area contributed by atoms with Gasteiger partial charge in [0.2, 0.25) is 0 Å². The molecule has 4 heteroatoms. The van der Waals surface area contributed by atoms with Crippen molar-refractivity contribution in [3.63, 3.8) is 0 Å². The Bertz CT molecular complexity index is 392. The first-order chi connectivity index (χ1) is 6.09.